The summed E-state index contributed by atoms with van der Waals surface area (Å²) >= 11 is 0. The van der Waals surface area contributed by atoms with E-state index in [1.54, 1.807) is 0 Å². The van der Waals surface area contributed by atoms with Crippen LogP contribution < -0.4 is 0 Å². The molecule has 2 heteroatoms. The predicted molar refractivity (Wildman–Crippen MR) is 77.3 cm³/mol. The van der Waals surface area contributed by atoms with Gasteiger partial charge in [-0.25, -0.2) is 0 Å². The fourth-order valence-electron chi connectivity index (χ4n) is 1.62. The summed E-state index contributed by atoms with van der Waals surface area (Å²) in [5, 5.41) is 8.30. The molecule has 2 rings (SSSR count). The number of hydrogen-bond donors (Lipinski definition) is 0. The molecule has 0 bridgehead atoms. The van der Waals surface area contributed by atoms with E-state index in [0.29, 0.717) is 0 Å². The zero-order valence-corrected chi connectivity index (χ0v) is 10.5. The molecule has 0 aromatic heterocycles. The maximum atomic E-state index is 4.20. The van der Waals surface area contributed by atoms with Crippen LogP contribution in [0.15, 0.2) is 70.9 Å². The molecule has 0 N–H and O–H groups in total. The molecule has 2 nitrogen and oxygen atoms in total. The van der Waals surface area contributed by atoms with Crippen molar-refractivity contribution < 1.29 is 0 Å². The molecule has 0 heterocycles. The first kappa shape index (κ1) is 12.2. The Kier molecular flexibility index (Phi) is 4.42. The third-order valence-electron chi connectivity index (χ3n) is 2.65. The Morgan fingerprint density at radius 2 is 1.56 bits per heavy atom. The fourth-order valence-corrected chi connectivity index (χ4v) is 1.62. The van der Waals surface area contributed by atoms with Gasteiger partial charge in [0.05, 0.1) is 5.71 Å². The lowest BCUT2D eigenvalue weighted by Gasteiger charge is -1.96. The molecule has 0 saturated heterocycles. The van der Waals surface area contributed by atoms with Crippen LogP contribution in [0.4, 0.5) is 0 Å². The molecule has 90 valence electrons. The molecule has 0 unspecified atom stereocenters. The van der Waals surface area contributed by atoms with Crippen LogP contribution in [0, 0.1) is 0 Å². The Labute approximate surface area is 108 Å². The molecule has 0 atom stereocenters. The van der Waals surface area contributed by atoms with E-state index >= 15 is 0 Å². The van der Waals surface area contributed by atoms with Gasteiger partial charge in [0, 0.05) is 12.6 Å². The van der Waals surface area contributed by atoms with E-state index in [0.717, 1.165) is 17.7 Å². The summed E-state index contributed by atoms with van der Waals surface area (Å²) in [5.41, 5.74) is 3.28. The van der Waals surface area contributed by atoms with E-state index in [-0.39, 0.29) is 0 Å². The highest BCUT2D eigenvalue weighted by molar-refractivity contribution is 5.98. The molecule has 18 heavy (non-hydrogen) atoms. The second-order valence-corrected chi connectivity index (χ2v) is 4.04. The van der Waals surface area contributed by atoms with Crippen LogP contribution in [0.5, 0.6) is 0 Å². The highest BCUT2D eigenvalue weighted by atomic mass is 15.2. The lowest BCUT2D eigenvalue weighted by molar-refractivity contribution is 1.21. The summed E-state index contributed by atoms with van der Waals surface area (Å²) in [5.74, 6) is 0. The third-order valence-corrected chi connectivity index (χ3v) is 2.65. The van der Waals surface area contributed by atoms with Gasteiger partial charge in [0.25, 0.3) is 0 Å². The van der Waals surface area contributed by atoms with Gasteiger partial charge in [-0.3, -0.25) is 0 Å². The standard InChI is InChI=1S/C16H16N2/c1-14(16-10-6-3-7-11-16)18-17-13-12-15-8-4-2-5-9-15/h2-11,13H,12H2,1H3/b17-13+,18-14+. The first-order valence-electron chi connectivity index (χ1n) is 6.01. The van der Waals surface area contributed by atoms with Crippen LogP contribution in [0.2, 0.25) is 0 Å². The lowest BCUT2D eigenvalue weighted by atomic mass is 10.1. The Morgan fingerprint density at radius 1 is 0.944 bits per heavy atom. The Bertz CT molecular complexity index is 528. The SMILES string of the molecule is C/C(=N\N=C\Cc1ccccc1)c1ccccc1. The summed E-state index contributed by atoms with van der Waals surface area (Å²) < 4.78 is 0. The molecular weight excluding hydrogens is 220 g/mol. The van der Waals surface area contributed by atoms with Crippen LogP contribution in [0.1, 0.15) is 18.1 Å². The largest absolute Gasteiger partial charge is 0.163 e. The van der Waals surface area contributed by atoms with Crippen molar-refractivity contribution >= 4 is 11.9 Å². The highest BCUT2D eigenvalue weighted by Crippen LogP contribution is 2.01. The van der Waals surface area contributed by atoms with Gasteiger partial charge in [-0.1, -0.05) is 60.7 Å². The van der Waals surface area contributed by atoms with Crippen molar-refractivity contribution in [2.45, 2.75) is 13.3 Å². The van der Waals surface area contributed by atoms with Gasteiger partial charge in [0.15, 0.2) is 0 Å². The maximum Gasteiger partial charge on any atom is 0.0671 e. The minimum atomic E-state index is 0.812. The van der Waals surface area contributed by atoms with Crippen LogP contribution in [0.25, 0.3) is 0 Å². The lowest BCUT2D eigenvalue weighted by Crippen LogP contribution is -1.92. The molecule has 0 spiro atoms. The fraction of sp³-hybridized carbons (Fsp3) is 0.125. The monoisotopic (exact) mass is 236 g/mol. The van der Waals surface area contributed by atoms with Gasteiger partial charge in [0.2, 0.25) is 0 Å². The summed E-state index contributed by atoms with van der Waals surface area (Å²) in [6, 6.07) is 20.3. The first-order chi connectivity index (χ1) is 8.86. The maximum absolute atomic E-state index is 4.20. The van der Waals surface area contributed by atoms with Crippen LogP contribution >= 0.6 is 0 Å². The van der Waals surface area contributed by atoms with Crippen LogP contribution in [-0.2, 0) is 6.42 Å². The number of nitrogens with zero attached hydrogens (tertiary/aromatic N) is 2. The second-order valence-electron chi connectivity index (χ2n) is 4.04. The van der Waals surface area contributed by atoms with Crippen molar-refractivity contribution in [3.05, 3.63) is 71.8 Å². The van der Waals surface area contributed by atoms with Crippen molar-refractivity contribution in [2.24, 2.45) is 10.2 Å². The second kappa shape index (κ2) is 6.50. The van der Waals surface area contributed by atoms with Gasteiger partial charge in [0.1, 0.15) is 0 Å². The van der Waals surface area contributed by atoms with Crippen molar-refractivity contribution in [1.82, 2.24) is 0 Å². The Morgan fingerprint density at radius 3 is 2.22 bits per heavy atom. The third kappa shape index (κ3) is 3.67. The van der Waals surface area contributed by atoms with Crippen LogP contribution in [0.3, 0.4) is 0 Å². The molecule has 0 aliphatic heterocycles. The average molecular weight is 236 g/mol. The van der Waals surface area contributed by atoms with Gasteiger partial charge < -0.3 is 0 Å². The zero-order valence-electron chi connectivity index (χ0n) is 10.5. The van der Waals surface area contributed by atoms with Gasteiger partial charge in [-0.05, 0) is 18.1 Å². The normalized spacial score (nSPS) is 11.9. The molecule has 0 amide bonds. The van der Waals surface area contributed by atoms with E-state index in [1.807, 2.05) is 61.7 Å². The van der Waals surface area contributed by atoms with E-state index in [1.165, 1.54) is 5.56 Å². The van der Waals surface area contributed by atoms with Crippen molar-refractivity contribution in [2.75, 3.05) is 0 Å². The molecule has 0 aliphatic rings. The van der Waals surface area contributed by atoms with E-state index in [2.05, 4.69) is 22.3 Å². The van der Waals surface area contributed by atoms with Crippen LogP contribution in [-0.4, -0.2) is 11.9 Å². The van der Waals surface area contributed by atoms with Gasteiger partial charge >= 0.3 is 0 Å². The smallest absolute Gasteiger partial charge is 0.0671 e. The highest BCUT2D eigenvalue weighted by Gasteiger charge is 1.93. The molecule has 0 radical (unpaired) electrons. The quantitative estimate of drug-likeness (QED) is 0.571. The van der Waals surface area contributed by atoms with Crippen molar-refractivity contribution in [3.63, 3.8) is 0 Å². The topological polar surface area (TPSA) is 24.7 Å². The van der Waals surface area contributed by atoms with Crippen molar-refractivity contribution in [1.29, 1.82) is 0 Å². The minimum Gasteiger partial charge on any atom is -0.163 e. The summed E-state index contributed by atoms with van der Waals surface area (Å²) in [6.07, 6.45) is 2.65. The number of hydrogen-bond acceptors (Lipinski definition) is 2. The molecule has 2 aromatic rings. The molecule has 0 aliphatic carbocycles. The number of benzene rings is 2. The first-order valence-corrected chi connectivity index (χ1v) is 6.01. The summed E-state index contributed by atoms with van der Waals surface area (Å²) in [4.78, 5) is 0. The molecule has 2 aromatic carbocycles. The van der Waals surface area contributed by atoms with Crippen molar-refractivity contribution in [3.8, 4) is 0 Å². The van der Waals surface area contributed by atoms with E-state index in [4.69, 9.17) is 0 Å². The summed E-state index contributed by atoms with van der Waals surface area (Å²) in [7, 11) is 0. The van der Waals surface area contributed by atoms with Gasteiger partial charge in [-0.2, -0.15) is 10.2 Å². The van der Waals surface area contributed by atoms with E-state index in [9.17, 15) is 0 Å². The molecule has 0 saturated carbocycles. The van der Waals surface area contributed by atoms with Gasteiger partial charge in [-0.15, -0.1) is 0 Å². The predicted octanol–water partition coefficient (Wildman–Crippen LogP) is 3.72. The molecular formula is C16H16N2. The Balaban J connectivity index is 1.95. The average Bonchev–Trinajstić information content (AvgIpc) is 2.45. The minimum absolute atomic E-state index is 0.812. The van der Waals surface area contributed by atoms with E-state index < -0.39 is 0 Å². The zero-order chi connectivity index (χ0) is 12.6. The molecule has 0 fully saturated rings. The number of rotatable bonds is 4. The Hall–Kier alpha value is -2.22. The summed E-state index contributed by atoms with van der Waals surface area (Å²) in [6.45, 7) is 1.97.